The summed E-state index contributed by atoms with van der Waals surface area (Å²) in [5, 5.41) is 0.609. The number of aromatic amines is 1. The van der Waals surface area contributed by atoms with Gasteiger partial charge in [-0.15, -0.1) is 0 Å². The molecule has 1 aromatic heterocycles. The maximum atomic E-state index is 12.3. The number of fused-ring (bicyclic) bond motifs is 1. The highest BCUT2D eigenvalue weighted by molar-refractivity contribution is 5.80. The number of nitrogens with one attached hydrogen (secondary N) is 1. The summed E-state index contributed by atoms with van der Waals surface area (Å²) in [7, 11) is 0. The van der Waals surface area contributed by atoms with Crippen molar-refractivity contribution in [3.63, 3.8) is 0 Å². The van der Waals surface area contributed by atoms with Gasteiger partial charge in [0.1, 0.15) is 5.82 Å². The number of hydrogen-bond donors (Lipinski definition) is 1. The van der Waals surface area contributed by atoms with Crippen LogP contribution in [0.25, 0.3) is 33.4 Å². The molecule has 0 amide bonds. The van der Waals surface area contributed by atoms with E-state index in [-0.39, 0.29) is 5.56 Å². The first-order chi connectivity index (χ1) is 12.2. The predicted molar refractivity (Wildman–Crippen MR) is 103 cm³/mol. The van der Waals surface area contributed by atoms with Gasteiger partial charge in [-0.2, -0.15) is 0 Å². The fourth-order valence-electron chi connectivity index (χ4n) is 3.00. The molecular weight excluding hydrogens is 308 g/mol. The molecule has 0 saturated heterocycles. The normalized spacial score (nSPS) is 10.9. The molecule has 0 aliphatic heterocycles. The zero-order chi connectivity index (χ0) is 17.2. The number of benzene rings is 3. The van der Waals surface area contributed by atoms with E-state index >= 15 is 0 Å². The van der Waals surface area contributed by atoms with Gasteiger partial charge in [0.25, 0.3) is 5.56 Å². The Morgan fingerprint density at radius 2 is 1.60 bits per heavy atom. The molecule has 0 radical (unpaired) electrons. The molecule has 1 N–H and O–H groups in total. The number of nitrogens with zero attached hydrogens (tertiary/aromatic N) is 1. The van der Waals surface area contributed by atoms with E-state index in [2.05, 4.69) is 53.3 Å². The lowest BCUT2D eigenvalue weighted by Gasteiger charge is -2.07. The van der Waals surface area contributed by atoms with Gasteiger partial charge in [-0.25, -0.2) is 4.98 Å². The summed E-state index contributed by atoms with van der Waals surface area (Å²) in [4.78, 5) is 19.8. The van der Waals surface area contributed by atoms with E-state index in [1.165, 1.54) is 5.56 Å². The van der Waals surface area contributed by atoms with E-state index in [4.69, 9.17) is 0 Å². The Labute approximate surface area is 146 Å². The first kappa shape index (κ1) is 15.3. The third-order valence-corrected chi connectivity index (χ3v) is 4.44. The van der Waals surface area contributed by atoms with Gasteiger partial charge in [0.15, 0.2) is 0 Å². The second kappa shape index (κ2) is 6.36. The summed E-state index contributed by atoms with van der Waals surface area (Å²) in [5.41, 5.74) is 5.08. The molecule has 4 rings (SSSR count). The van der Waals surface area contributed by atoms with Crippen molar-refractivity contribution < 1.29 is 0 Å². The quantitative estimate of drug-likeness (QED) is 0.587. The number of aryl methyl sites for hydroxylation is 1. The maximum absolute atomic E-state index is 12.3. The number of para-hydroxylation sites is 1. The monoisotopic (exact) mass is 326 g/mol. The minimum atomic E-state index is -0.113. The summed E-state index contributed by atoms with van der Waals surface area (Å²) in [6.07, 6.45) is 1.03. The summed E-state index contributed by atoms with van der Waals surface area (Å²) in [5.74, 6) is 0.593. The molecule has 3 nitrogen and oxygen atoms in total. The van der Waals surface area contributed by atoms with Gasteiger partial charge in [-0.1, -0.05) is 61.5 Å². The lowest BCUT2D eigenvalue weighted by molar-refractivity contribution is 1.14. The predicted octanol–water partition coefficient (Wildman–Crippen LogP) is 4.82. The van der Waals surface area contributed by atoms with Gasteiger partial charge in [-0.05, 0) is 41.3 Å². The molecule has 3 aromatic carbocycles. The van der Waals surface area contributed by atoms with Crippen LogP contribution < -0.4 is 5.56 Å². The van der Waals surface area contributed by atoms with Crippen molar-refractivity contribution >= 4 is 10.9 Å². The zero-order valence-electron chi connectivity index (χ0n) is 14.0. The van der Waals surface area contributed by atoms with E-state index < -0.39 is 0 Å². The highest BCUT2D eigenvalue weighted by atomic mass is 16.1. The molecule has 3 heteroatoms. The van der Waals surface area contributed by atoms with E-state index in [1.807, 2.05) is 30.3 Å². The molecule has 1 heterocycles. The van der Waals surface area contributed by atoms with Crippen molar-refractivity contribution in [1.82, 2.24) is 9.97 Å². The van der Waals surface area contributed by atoms with Crippen LogP contribution in [0.2, 0.25) is 0 Å². The number of H-pyrrole nitrogens is 1. The van der Waals surface area contributed by atoms with Gasteiger partial charge in [0, 0.05) is 5.56 Å². The van der Waals surface area contributed by atoms with Crippen molar-refractivity contribution in [3.8, 4) is 22.5 Å². The molecule has 0 bridgehead atoms. The molecule has 25 heavy (non-hydrogen) atoms. The SMILES string of the molecule is CCc1ccc(-c2cccc(-c3nc4ccccc4c(=O)[nH]3)c2)cc1. The Kier molecular flexibility index (Phi) is 3.90. The van der Waals surface area contributed by atoms with Crippen LogP contribution in [-0.2, 0) is 6.42 Å². The molecule has 0 fully saturated rings. The highest BCUT2D eigenvalue weighted by Crippen LogP contribution is 2.25. The smallest absolute Gasteiger partial charge is 0.259 e. The van der Waals surface area contributed by atoms with Crippen molar-refractivity contribution in [2.24, 2.45) is 0 Å². The van der Waals surface area contributed by atoms with Gasteiger partial charge < -0.3 is 4.98 Å². The second-order valence-electron chi connectivity index (χ2n) is 6.06. The number of hydrogen-bond acceptors (Lipinski definition) is 2. The van der Waals surface area contributed by atoms with Crippen LogP contribution in [0.15, 0.2) is 77.6 Å². The van der Waals surface area contributed by atoms with E-state index in [9.17, 15) is 4.79 Å². The second-order valence-corrected chi connectivity index (χ2v) is 6.06. The fraction of sp³-hybridized carbons (Fsp3) is 0.0909. The third kappa shape index (κ3) is 2.96. The molecule has 0 aliphatic carbocycles. The zero-order valence-corrected chi connectivity index (χ0v) is 14.0. The minimum absolute atomic E-state index is 0.113. The average Bonchev–Trinajstić information content (AvgIpc) is 2.68. The molecule has 0 unspecified atom stereocenters. The largest absolute Gasteiger partial charge is 0.306 e. The Morgan fingerprint density at radius 3 is 2.40 bits per heavy atom. The van der Waals surface area contributed by atoms with Crippen LogP contribution in [0.3, 0.4) is 0 Å². The van der Waals surface area contributed by atoms with E-state index in [0.717, 1.165) is 23.1 Å². The minimum Gasteiger partial charge on any atom is -0.306 e. The Morgan fingerprint density at radius 1 is 0.840 bits per heavy atom. The number of rotatable bonds is 3. The third-order valence-electron chi connectivity index (χ3n) is 4.44. The van der Waals surface area contributed by atoms with Crippen LogP contribution in [0.1, 0.15) is 12.5 Å². The van der Waals surface area contributed by atoms with Crippen LogP contribution in [0.5, 0.6) is 0 Å². The number of aromatic nitrogens is 2. The Hall–Kier alpha value is -3.20. The van der Waals surface area contributed by atoms with Crippen molar-refractivity contribution in [1.29, 1.82) is 0 Å². The summed E-state index contributed by atoms with van der Waals surface area (Å²) < 4.78 is 0. The topological polar surface area (TPSA) is 45.8 Å². The highest BCUT2D eigenvalue weighted by Gasteiger charge is 2.07. The molecule has 4 aromatic rings. The summed E-state index contributed by atoms with van der Waals surface area (Å²) >= 11 is 0. The lowest BCUT2D eigenvalue weighted by atomic mass is 10.0. The van der Waals surface area contributed by atoms with Crippen molar-refractivity contribution in [3.05, 3.63) is 88.7 Å². The van der Waals surface area contributed by atoms with Crippen molar-refractivity contribution in [2.75, 3.05) is 0 Å². The average molecular weight is 326 g/mol. The van der Waals surface area contributed by atoms with Gasteiger partial charge in [-0.3, -0.25) is 4.79 Å². The van der Waals surface area contributed by atoms with Gasteiger partial charge in [0.05, 0.1) is 10.9 Å². The molecular formula is C22H18N2O. The fourth-order valence-corrected chi connectivity index (χ4v) is 3.00. The first-order valence-corrected chi connectivity index (χ1v) is 8.43. The van der Waals surface area contributed by atoms with Crippen LogP contribution >= 0.6 is 0 Å². The van der Waals surface area contributed by atoms with Crippen LogP contribution in [-0.4, -0.2) is 9.97 Å². The van der Waals surface area contributed by atoms with Crippen molar-refractivity contribution in [2.45, 2.75) is 13.3 Å². The maximum Gasteiger partial charge on any atom is 0.259 e. The summed E-state index contributed by atoms with van der Waals surface area (Å²) in [6, 6.07) is 24.1. The first-order valence-electron chi connectivity index (χ1n) is 8.43. The van der Waals surface area contributed by atoms with E-state index in [1.54, 1.807) is 6.07 Å². The standard InChI is InChI=1S/C22H18N2O/c1-2-15-10-12-16(13-11-15)17-6-5-7-18(14-17)21-23-20-9-4-3-8-19(20)22(25)24-21/h3-14H,2H2,1H3,(H,23,24,25). The Bertz CT molecular complexity index is 1090. The summed E-state index contributed by atoms with van der Waals surface area (Å²) in [6.45, 7) is 2.15. The molecule has 0 spiro atoms. The molecule has 122 valence electrons. The molecule has 0 atom stereocenters. The van der Waals surface area contributed by atoms with Gasteiger partial charge in [0.2, 0.25) is 0 Å². The molecule has 0 aliphatic rings. The lowest BCUT2D eigenvalue weighted by Crippen LogP contribution is -2.09. The van der Waals surface area contributed by atoms with E-state index in [0.29, 0.717) is 16.7 Å². The van der Waals surface area contributed by atoms with Crippen LogP contribution in [0, 0.1) is 0 Å². The van der Waals surface area contributed by atoms with Crippen LogP contribution in [0.4, 0.5) is 0 Å². The Balaban J connectivity index is 1.80. The van der Waals surface area contributed by atoms with Gasteiger partial charge >= 0.3 is 0 Å². The molecule has 0 saturated carbocycles.